The highest BCUT2D eigenvalue weighted by Crippen LogP contribution is 2.16. The predicted molar refractivity (Wildman–Crippen MR) is 84.5 cm³/mol. The lowest BCUT2D eigenvalue weighted by molar-refractivity contribution is -0.121. The number of furan rings is 1. The van der Waals surface area contributed by atoms with Gasteiger partial charge in [0.1, 0.15) is 5.75 Å². The molecular formula is C17H22N2O3. The first-order valence-corrected chi connectivity index (χ1v) is 7.27. The summed E-state index contributed by atoms with van der Waals surface area (Å²) in [5.74, 6) is 0.824. The standard InChI is InChI=1S/C17H22N2O3/c1-19(12-14-8-10-22-13-14)9-7-17(20)18-11-15-5-3-4-6-16(15)21-2/h3-6,8,10,13H,7,9,11-12H2,1-2H3,(H,18,20). The van der Waals surface area contributed by atoms with E-state index < -0.39 is 0 Å². The highest BCUT2D eigenvalue weighted by molar-refractivity contribution is 5.76. The Morgan fingerprint density at radius 3 is 2.86 bits per heavy atom. The Hall–Kier alpha value is -2.27. The van der Waals surface area contributed by atoms with Gasteiger partial charge in [-0.25, -0.2) is 0 Å². The van der Waals surface area contributed by atoms with Gasteiger partial charge in [-0.05, 0) is 19.2 Å². The molecule has 2 rings (SSSR count). The van der Waals surface area contributed by atoms with Crippen LogP contribution in [0.25, 0.3) is 0 Å². The number of ether oxygens (including phenoxy) is 1. The topological polar surface area (TPSA) is 54.7 Å². The maximum absolute atomic E-state index is 11.9. The second-order valence-corrected chi connectivity index (χ2v) is 5.21. The Kier molecular flexibility index (Phi) is 6.03. The lowest BCUT2D eigenvalue weighted by Crippen LogP contribution is -2.28. The molecule has 1 aromatic heterocycles. The Bertz CT molecular complexity index is 581. The summed E-state index contributed by atoms with van der Waals surface area (Å²) in [7, 11) is 3.62. The molecule has 2 aromatic rings. The van der Waals surface area contributed by atoms with Gasteiger partial charge in [-0.3, -0.25) is 4.79 Å². The third-order valence-corrected chi connectivity index (χ3v) is 3.42. The molecule has 1 aromatic carbocycles. The molecule has 0 fully saturated rings. The van der Waals surface area contributed by atoms with Crippen LogP contribution in [0.3, 0.4) is 0 Å². The third-order valence-electron chi connectivity index (χ3n) is 3.42. The van der Waals surface area contributed by atoms with Crippen molar-refractivity contribution in [3.8, 4) is 5.75 Å². The zero-order valence-corrected chi connectivity index (χ0v) is 13.0. The first-order chi connectivity index (χ1) is 10.7. The molecule has 0 spiro atoms. The van der Waals surface area contributed by atoms with Crippen molar-refractivity contribution in [3.05, 3.63) is 54.0 Å². The van der Waals surface area contributed by atoms with Crippen molar-refractivity contribution >= 4 is 5.91 Å². The lowest BCUT2D eigenvalue weighted by atomic mass is 10.2. The summed E-state index contributed by atoms with van der Waals surface area (Å²) in [5, 5.41) is 2.92. The van der Waals surface area contributed by atoms with Crippen molar-refractivity contribution in [2.24, 2.45) is 0 Å². The molecule has 0 unspecified atom stereocenters. The zero-order valence-electron chi connectivity index (χ0n) is 13.0. The van der Waals surface area contributed by atoms with Crippen molar-refractivity contribution < 1.29 is 13.9 Å². The fraction of sp³-hybridized carbons (Fsp3) is 0.353. The molecule has 0 aliphatic rings. The van der Waals surface area contributed by atoms with E-state index in [1.807, 2.05) is 37.4 Å². The highest BCUT2D eigenvalue weighted by Gasteiger charge is 2.07. The number of amides is 1. The summed E-state index contributed by atoms with van der Waals surface area (Å²) in [6, 6.07) is 9.61. The van der Waals surface area contributed by atoms with Gasteiger partial charge >= 0.3 is 0 Å². The molecule has 5 heteroatoms. The van der Waals surface area contributed by atoms with Gasteiger partial charge in [-0.2, -0.15) is 0 Å². The number of para-hydroxylation sites is 1. The Morgan fingerprint density at radius 1 is 1.32 bits per heavy atom. The van der Waals surface area contributed by atoms with Gasteiger partial charge in [0.05, 0.1) is 19.6 Å². The van der Waals surface area contributed by atoms with Crippen LogP contribution in [0.2, 0.25) is 0 Å². The van der Waals surface area contributed by atoms with Crippen LogP contribution in [0.1, 0.15) is 17.5 Å². The first kappa shape index (κ1) is 16.1. The number of hydrogen-bond acceptors (Lipinski definition) is 4. The van der Waals surface area contributed by atoms with E-state index in [4.69, 9.17) is 9.15 Å². The minimum absolute atomic E-state index is 0.0324. The number of benzene rings is 1. The van der Waals surface area contributed by atoms with E-state index >= 15 is 0 Å². The van der Waals surface area contributed by atoms with E-state index in [0.29, 0.717) is 19.5 Å². The normalized spacial score (nSPS) is 10.7. The van der Waals surface area contributed by atoms with Crippen molar-refractivity contribution in [2.45, 2.75) is 19.5 Å². The second kappa shape index (κ2) is 8.24. The molecule has 0 aliphatic heterocycles. The molecule has 0 atom stereocenters. The molecule has 0 aliphatic carbocycles. The number of nitrogens with one attached hydrogen (secondary N) is 1. The molecule has 1 heterocycles. The average molecular weight is 302 g/mol. The fourth-order valence-electron chi connectivity index (χ4n) is 2.20. The van der Waals surface area contributed by atoms with Crippen molar-refractivity contribution in [3.63, 3.8) is 0 Å². The summed E-state index contributed by atoms with van der Waals surface area (Å²) < 4.78 is 10.3. The summed E-state index contributed by atoms with van der Waals surface area (Å²) >= 11 is 0. The number of carbonyl (C=O) groups excluding carboxylic acids is 1. The number of nitrogens with zero attached hydrogens (tertiary/aromatic N) is 1. The smallest absolute Gasteiger partial charge is 0.221 e. The van der Waals surface area contributed by atoms with Gasteiger partial charge in [0.15, 0.2) is 0 Å². The SMILES string of the molecule is COc1ccccc1CNC(=O)CCN(C)Cc1ccoc1. The largest absolute Gasteiger partial charge is 0.496 e. The molecule has 0 saturated heterocycles. The first-order valence-electron chi connectivity index (χ1n) is 7.27. The molecule has 1 amide bonds. The third kappa shape index (κ3) is 4.93. The van der Waals surface area contributed by atoms with Crippen molar-refractivity contribution in [2.75, 3.05) is 20.7 Å². The van der Waals surface area contributed by atoms with Gasteiger partial charge < -0.3 is 19.4 Å². The van der Waals surface area contributed by atoms with E-state index in [9.17, 15) is 4.79 Å². The van der Waals surface area contributed by atoms with E-state index in [2.05, 4.69) is 10.2 Å². The predicted octanol–water partition coefficient (Wildman–Crippen LogP) is 2.43. The fourth-order valence-corrected chi connectivity index (χ4v) is 2.20. The summed E-state index contributed by atoms with van der Waals surface area (Å²) in [5.41, 5.74) is 2.09. The minimum Gasteiger partial charge on any atom is -0.496 e. The van der Waals surface area contributed by atoms with Gasteiger partial charge in [0.25, 0.3) is 0 Å². The molecular weight excluding hydrogens is 280 g/mol. The van der Waals surface area contributed by atoms with E-state index in [-0.39, 0.29) is 5.91 Å². The minimum atomic E-state index is 0.0324. The van der Waals surface area contributed by atoms with Crippen LogP contribution >= 0.6 is 0 Å². The number of carbonyl (C=O) groups is 1. The van der Waals surface area contributed by atoms with Crippen LogP contribution in [0.5, 0.6) is 5.75 Å². The average Bonchev–Trinajstić information content (AvgIpc) is 3.04. The zero-order chi connectivity index (χ0) is 15.8. The van der Waals surface area contributed by atoms with Crippen LogP contribution in [-0.2, 0) is 17.9 Å². The summed E-state index contributed by atoms with van der Waals surface area (Å²) in [6.45, 7) is 1.95. The number of hydrogen-bond donors (Lipinski definition) is 1. The summed E-state index contributed by atoms with van der Waals surface area (Å²) in [6.07, 6.45) is 3.84. The summed E-state index contributed by atoms with van der Waals surface area (Å²) in [4.78, 5) is 14.0. The maximum atomic E-state index is 11.9. The monoisotopic (exact) mass is 302 g/mol. The van der Waals surface area contributed by atoms with Crippen LogP contribution in [0, 0.1) is 0 Å². The van der Waals surface area contributed by atoms with Gasteiger partial charge in [0, 0.05) is 37.2 Å². The number of rotatable bonds is 8. The van der Waals surface area contributed by atoms with Gasteiger partial charge in [-0.15, -0.1) is 0 Å². The Morgan fingerprint density at radius 2 is 2.14 bits per heavy atom. The molecule has 22 heavy (non-hydrogen) atoms. The van der Waals surface area contributed by atoms with Gasteiger partial charge in [-0.1, -0.05) is 18.2 Å². The highest BCUT2D eigenvalue weighted by atomic mass is 16.5. The molecule has 1 N–H and O–H groups in total. The van der Waals surface area contributed by atoms with Crippen LogP contribution in [0.15, 0.2) is 47.3 Å². The van der Waals surface area contributed by atoms with Crippen molar-refractivity contribution in [1.29, 1.82) is 0 Å². The molecule has 5 nitrogen and oxygen atoms in total. The van der Waals surface area contributed by atoms with E-state index in [1.165, 1.54) is 0 Å². The lowest BCUT2D eigenvalue weighted by Gasteiger charge is -2.15. The van der Waals surface area contributed by atoms with E-state index in [0.717, 1.165) is 23.4 Å². The quantitative estimate of drug-likeness (QED) is 0.813. The molecule has 0 saturated carbocycles. The molecule has 0 radical (unpaired) electrons. The molecule has 0 bridgehead atoms. The number of methoxy groups -OCH3 is 1. The maximum Gasteiger partial charge on any atom is 0.221 e. The molecule has 118 valence electrons. The Labute approximate surface area is 130 Å². The van der Waals surface area contributed by atoms with Crippen molar-refractivity contribution in [1.82, 2.24) is 10.2 Å². The van der Waals surface area contributed by atoms with E-state index in [1.54, 1.807) is 19.6 Å². The van der Waals surface area contributed by atoms with Crippen LogP contribution in [-0.4, -0.2) is 31.5 Å². The van der Waals surface area contributed by atoms with Gasteiger partial charge in [0.2, 0.25) is 5.91 Å². The van der Waals surface area contributed by atoms with Crippen LogP contribution in [0.4, 0.5) is 0 Å². The second-order valence-electron chi connectivity index (χ2n) is 5.21. The Balaban J connectivity index is 1.71. The van der Waals surface area contributed by atoms with Crippen LogP contribution < -0.4 is 10.1 Å².